The molecule has 92 valence electrons. The highest BCUT2D eigenvalue weighted by Gasteiger charge is 2.10. The number of aliphatic imine (C=N–C) groups is 1. The van der Waals surface area contributed by atoms with E-state index < -0.39 is 0 Å². The van der Waals surface area contributed by atoms with Crippen LogP contribution in [0.15, 0.2) is 17.1 Å². The predicted octanol–water partition coefficient (Wildman–Crippen LogP) is 2.86. The van der Waals surface area contributed by atoms with E-state index in [0.29, 0.717) is 10.7 Å². The van der Waals surface area contributed by atoms with E-state index in [4.69, 9.17) is 11.6 Å². The molecular formula is C13H18ClN2O+. The highest BCUT2D eigenvalue weighted by molar-refractivity contribution is 6.33. The maximum Gasteiger partial charge on any atom is 0.240 e. The van der Waals surface area contributed by atoms with Crippen LogP contribution in [0.3, 0.4) is 0 Å². The minimum Gasteiger partial charge on any atom is -0.331 e. The fourth-order valence-corrected chi connectivity index (χ4v) is 1.94. The fourth-order valence-electron chi connectivity index (χ4n) is 1.60. The van der Waals surface area contributed by atoms with Crippen molar-refractivity contribution >= 4 is 23.4 Å². The van der Waals surface area contributed by atoms with Crippen LogP contribution in [-0.4, -0.2) is 38.3 Å². The number of hydrogen-bond donors (Lipinski definition) is 0. The van der Waals surface area contributed by atoms with Crippen LogP contribution >= 0.6 is 11.6 Å². The molecule has 0 aromatic heterocycles. The third-order valence-electron chi connectivity index (χ3n) is 2.54. The van der Waals surface area contributed by atoms with Crippen molar-refractivity contribution in [2.45, 2.75) is 13.3 Å². The number of quaternary nitrogens is 1. The molecule has 4 heteroatoms. The second-order valence-electron chi connectivity index (χ2n) is 5.21. The highest BCUT2D eigenvalue weighted by atomic mass is 35.5. The van der Waals surface area contributed by atoms with Gasteiger partial charge in [0.2, 0.25) is 6.08 Å². The smallest absolute Gasteiger partial charge is 0.240 e. The molecule has 0 N–H and O–H groups in total. The molecule has 0 atom stereocenters. The topological polar surface area (TPSA) is 29.4 Å². The summed E-state index contributed by atoms with van der Waals surface area (Å²) in [7, 11) is 6.46. The summed E-state index contributed by atoms with van der Waals surface area (Å²) in [4.78, 5) is 13.9. The second kappa shape index (κ2) is 5.46. The van der Waals surface area contributed by atoms with Gasteiger partial charge in [0.25, 0.3) is 0 Å². The molecule has 1 aromatic rings. The van der Waals surface area contributed by atoms with E-state index in [1.807, 2.05) is 19.1 Å². The van der Waals surface area contributed by atoms with Crippen LogP contribution in [0.4, 0.5) is 5.69 Å². The molecule has 0 aliphatic heterocycles. The lowest BCUT2D eigenvalue weighted by Gasteiger charge is -2.23. The lowest BCUT2D eigenvalue weighted by atomic mass is 10.1. The molecule has 0 spiro atoms. The van der Waals surface area contributed by atoms with Crippen LogP contribution in [0.2, 0.25) is 5.02 Å². The Balaban J connectivity index is 2.94. The SMILES string of the molecule is Cc1cc(CC[N+](C)(C)C)cc(Cl)c1N=C=O. The first-order chi connectivity index (χ1) is 7.83. The summed E-state index contributed by atoms with van der Waals surface area (Å²) >= 11 is 6.09. The van der Waals surface area contributed by atoms with E-state index in [0.717, 1.165) is 23.0 Å². The Morgan fingerprint density at radius 3 is 2.47 bits per heavy atom. The molecule has 0 fully saturated rings. The molecule has 0 saturated heterocycles. The quantitative estimate of drug-likeness (QED) is 0.461. The number of carbonyl (C=O) groups excluding carboxylic acids is 1. The summed E-state index contributed by atoms with van der Waals surface area (Å²) in [6, 6.07) is 3.90. The van der Waals surface area contributed by atoms with Crippen LogP contribution in [0.25, 0.3) is 0 Å². The van der Waals surface area contributed by atoms with Crippen molar-refractivity contribution in [2.24, 2.45) is 4.99 Å². The Labute approximate surface area is 107 Å². The number of hydrogen-bond acceptors (Lipinski definition) is 2. The third kappa shape index (κ3) is 4.31. The van der Waals surface area contributed by atoms with Gasteiger partial charge in [-0.2, -0.15) is 4.99 Å². The average Bonchev–Trinajstić information content (AvgIpc) is 2.19. The van der Waals surface area contributed by atoms with Gasteiger partial charge in [-0.3, -0.25) is 0 Å². The number of benzene rings is 1. The van der Waals surface area contributed by atoms with Crippen molar-refractivity contribution in [1.82, 2.24) is 0 Å². The Morgan fingerprint density at radius 1 is 1.35 bits per heavy atom. The van der Waals surface area contributed by atoms with Crippen molar-refractivity contribution in [1.29, 1.82) is 0 Å². The minimum atomic E-state index is 0.518. The molecule has 1 aromatic carbocycles. The molecule has 0 unspecified atom stereocenters. The van der Waals surface area contributed by atoms with Crippen molar-refractivity contribution in [3.05, 3.63) is 28.3 Å². The number of likely N-dealkylation sites (N-methyl/N-ethyl adjacent to an activating group) is 1. The minimum absolute atomic E-state index is 0.518. The third-order valence-corrected chi connectivity index (χ3v) is 2.83. The summed E-state index contributed by atoms with van der Waals surface area (Å²) in [6.45, 7) is 2.93. The Morgan fingerprint density at radius 2 is 2.00 bits per heavy atom. The van der Waals surface area contributed by atoms with Gasteiger partial charge >= 0.3 is 0 Å². The molecule has 0 aliphatic rings. The molecule has 0 saturated carbocycles. The molecular weight excluding hydrogens is 236 g/mol. The number of rotatable bonds is 4. The van der Waals surface area contributed by atoms with Gasteiger partial charge in [0, 0.05) is 6.42 Å². The summed E-state index contributed by atoms with van der Waals surface area (Å²) in [5.74, 6) is 0. The standard InChI is InChI=1S/C13H18ClN2O/c1-10-7-11(5-6-16(2,3)4)8-12(14)13(10)15-9-17/h7-8H,5-6H2,1-4H3/q+1. The lowest BCUT2D eigenvalue weighted by molar-refractivity contribution is -0.870. The molecule has 0 aliphatic carbocycles. The van der Waals surface area contributed by atoms with Crippen molar-refractivity contribution < 1.29 is 9.28 Å². The molecule has 1 rings (SSSR count). The number of aryl methyl sites for hydroxylation is 1. The van der Waals surface area contributed by atoms with E-state index >= 15 is 0 Å². The zero-order valence-corrected chi connectivity index (χ0v) is 11.5. The van der Waals surface area contributed by atoms with E-state index in [1.165, 1.54) is 11.6 Å². The maximum atomic E-state index is 10.3. The first kappa shape index (κ1) is 13.9. The van der Waals surface area contributed by atoms with E-state index in [2.05, 4.69) is 26.1 Å². The first-order valence-electron chi connectivity index (χ1n) is 5.51. The maximum absolute atomic E-state index is 10.3. The molecule has 17 heavy (non-hydrogen) atoms. The van der Waals surface area contributed by atoms with Crippen molar-refractivity contribution in [3.63, 3.8) is 0 Å². The normalized spacial score (nSPS) is 11.1. The number of halogens is 1. The summed E-state index contributed by atoms with van der Waals surface area (Å²) < 4.78 is 0.908. The fraction of sp³-hybridized carbons (Fsp3) is 0.462. The second-order valence-corrected chi connectivity index (χ2v) is 5.62. The summed E-state index contributed by atoms with van der Waals surface area (Å²) in [6.07, 6.45) is 2.48. The van der Waals surface area contributed by atoms with Crippen LogP contribution in [0.1, 0.15) is 11.1 Å². The monoisotopic (exact) mass is 253 g/mol. The molecule has 0 radical (unpaired) electrons. The zero-order chi connectivity index (χ0) is 13.1. The van der Waals surface area contributed by atoms with E-state index in [-0.39, 0.29) is 0 Å². The van der Waals surface area contributed by atoms with Gasteiger partial charge < -0.3 is 4.48 Å². The zero-order valence-electron chi connectivity index (χ0n) is 10.7. The molecule has 0 bridgehead atoms. The Hall–Kier alpha value is -1.15. The Bertz CT molecular complexity index is 434. The van der Waals surface area contributed by atoms with Crippen LogP contribution in [0.5, 0.6) is 0 Å². The number of nitrogens with zero attached hydrogens (tertiary/aromatic N) is 2. The van der Waals surface area contributed by atoms with E-state index in [1.54, 1.807) is 0 Å². The predicted molar refractivity (Wildman–Crippen MR) is 70.6 cm³/mol. The Kier molecular flexibility index (Phi) is 4.47. The van der Waals surface area contributed by atoms with Gasteiger partial charge in [-0.25, -0.2) is 4.79 Å². The van der Waals surface area contributed by atoms with Crippen molar-refractivity contribution in [2.75, 3.05) is 27.7 Å². The first-order valence-corrected chi connectivity index (χ1v) is 5.88. The molecule has 3 nitrogen and oxygen atoms in total. The van der Waals surface area contributed by atoms with Gasteiger partial charge in [-0.15, -0.1) is 0 Å². The largest absolute Gasteiger partial charge is 0.331 e. The van der Waals surface area contributed by atoms with Gasteiger partial charge in [-0.1, -0.05) is 17.7 Å². The van der Waals surface area contributed by atoms with Crippen LogP contribution < -0.4 is 0 Å². The van der Waals surface area contributed by atoms with E-state index in [9.17, 15) is 4.79 Å². The lowest BCUT2D eigenvalue weighted by Crippen LogP contribution is -2.36. The van der Waals surface area contributed by atoms with Crippen LogP contribution in [-0.2, 0) is 11.2 Å². The summed E-state index contributed by atoms with van der Waals surface area (Å²) in [5.41, 5.74) is 2.61. The van der Waals surface area contributed by atoms with Crippen molar-refractivity contribution in [3.8, 4) is 0 Å². The molecule has 0 heterocycles. The average molecular weight is 254 g/mol. The van der Waals surface area contributed by atoms with Gasteiger partial charge in [0.05, 0.1) is 38.4 Å². The molecule has 0 amide bonds. The summed E-state index contributed by atoms with van der Waals surface area (Å²) in [5, 5.41) is 0.518. The number of isocyanates is 1. The van der Waals surface area contributed by atoms with Gasteiger partial charge in [-0.05, 0) is 24.1 Å². The van der Waals surface area contributed by atoms with Crippen LogP contribution in [0, 0.1) is 6.92 Å². The highest BCUT2D eigenvalue weighted by Crippen LogP contribution is 2.30. The van der Waals surface area contributed by atoms with Gasteiger partial charge in [0.15, 0.2) is 0 Å². The van der Waals surface area contributed by atoms with Gasteiger partial charge in [0.1, 0.15) is 0 Å².